The van der Waals surface area contributed by atoms with E-state index < -0.39 is 5.97 Å². The lowest BCUT2D eigenvalue weighted by Crippen LogP contribution is -2.47. The van der Waals surface area contributed by atoms with Crippen LogP contribution in [0.1, 0.15) is 81.8 Å². The summed E-state index contributed by atoms with van der Waals surface area (Å²) < 4.78 is 15.9. The van der Waals surface area contributed by atoms with Crippen molar-refractivity contribution in [2.24, 2.45) is 23.2 Å². The molecule has 2 saturated carbocycles. The molecule has 6 atom stereocenters. The Labute approximate surface area is 221 Å². The first-order valence-corrected chi connectivity index (χ1v) is 14.3. The smallest absolute Gasteiger partial charge is 0.329 e. The van der Waals surface area contributed by atoms with Crippen molar-refractivity contribution in [1.82, 2.24) is 0 Å². The van der Waals surface area contributed by atoms with E-state index in [-0.39, 0.29) is 24.7 Å². The lowest BCUT2D eigenvalue weighted by atomic mass is 9.52. The third-order valence-electron chi connectivity index (χ3n) is 9.42. The van der Waals surface area contributed by atoms with Gasteiger partial charge in [-0.3, -0.25) is 0 Å². The number of unbranched alkanes of at least 4 members (excludes halogenated alkanes) is 3. The summed E-state index contributed by atoms with van der Waals surface area (Å²) in [5.74, 6) is 1.85. The van der Waals surface area contributed by atoms with Crippen LogP contribution in [0.3, 0.4) is 0 Å². The first-order chi connectivity index (χ1) is 17.9. The molecular formula is C30H46O7. The van der Waals surface area contributed by atoms with Crippen LogP contribution in [-0.4, -0.2) is 67.0 Å². The first kappa shape index (κ1) is 28.3. The van der Waals surface area contributed by atoms with Crippen LogP contribution in [0, 0.1) is 23.2 Å². The fraction of sp³-hybridized carbons (Fsp3) is 0.767. The molecule has 0 amide bonds. The molecule has 0 aromatic heterocycles. The van der Waals surface area contributed by atoms with Crippen LogP contribution in [0.5, 0.6) is 5.75 Å². The second-order valence-electron chi connectivity index (χ2n) is 11.6. The zero-order valence-electron chi connectivity index (χ0n) is 22.4. The standard InChI is InChI=1S/C30H46O7/c1-30-12-11-25-24-8-7-23(31)19-22(24)18-21(29(25)26(30)9-10-27(30)32)6-4-2-3-5-13-35-14-15-36-16-17-37-20-28(33)34/h7-8,19,21,25-27,29,31-32H,2-6,9-18,20H2,1H3,(H,33,34)/t21-,25-,26+,27+,29-,30+/m1/s1. The third-order valence-corrected chi connectivity index (χ3v) is 9.42. The molecule has 2 fully saturated rings. The fourth-order valence-electron chi connectivity index (χ4n) is 7.59. The minimum Gasteiger partial charge on any atom is -0.508 e. The highest BCUT2D eigenvalue weighted by atomic mass is 16.5. The quantitative estimate of drug-likeness (QED) is 0.283. The number of benzene rings is 1. The van der Waals surface area contributed by atoms with Crippen LogP contribution >= 0.6 is 0 Å². The topological polar surface area (TPSA) is 105 Å². The van der Waals surface area contributed by atoms with Gasteiger partial charge in [-0.05, 0) is 97.3 Å². The zero-order chi connectivity index (χ0) is 26.3. The molecule has 0 heterocycles. The van der Waals surface area contributed by atoms with E-state index in [0.29, 0.717) is 49.2 Å². The number of ether oxygens (including phenoxy) is 3. The van der Waals surface area contributed by atoms with Crippen molar-refractivity contribution in [2.75, 3.05) is 39.6 Å². The Morgan fingerprint density at radius 2 is 1.70 bits per heavy atom. The summed E-state index contributed by atoms with van der Waals surface area (Å²) in [5.41, 5.74) is 2.87. The van der Waals surface area contributed by atoms with Gasteiger partial charge in [0.1, 0.15) is 12.4 Å². The van der Waals surface area contributed by atoms with Gasteiger partial charge in [0.05, 0.1) is 32.5 Å². The van der Waals surface area contributed by atoms with Crippen LogP contribution in [0.4, 0.5) is 0 Å². The summed E-state index contributed by atoms with van der Waals surface area (Å²) in [6.07, 6.45) is 11.1. The van der Waals surface area contributed by atoms with Gasteiger partial charge < -0.3 is 29.5 Å². The van der Waals surface area contributed by atoms with Crippen molar-refractivity contribution in [2.45, 2.75) is 83.2 Å². The molecule has 7 nitrogen and oxygen atoms in total. The van der Waals surface area contributed by atoms with E-state index in [1.807, 2.05) is 12.1 Å². The Kier molecular flexibility index (Phi) is 10.3. The average Bonchev–Trinajstić information content (AvgIpc) is 3.17. The molecular weight excluding hydrogens is 472 g/mol. The Morgan fingerprint density at radius 1 is 0.973 bits per heavy atom. The predicted octanol–water partition coefficient (Wildman–Crippen LogP) is 4.92. The van der Waals surface area contributed by atoms with Crippen molar-refractivity contribution in [3.05, 3.63) is 29.3 Å². The van der Waals surface area contributed by atoms with E-state index in [1.165, 1.54) is 30.4 Å². The number of fused-ring (bicyclic) bond motifs is 5. The van der Waals surface area contributed by atoms with Gasteiger partial charge in [0.2, 0.25) is 0 Å². The Hall–Kier alpha value is -1.67. The highest BCUT2D eigenvalue weighted by Gasteiger charge is 2.56. The summed E-state index contributed by atoms with van der Waals surface area (Å²) in [5, 5.41) is 29.5. The molecule has 0 saturated heterocycles. The van der Waals surface area contributed by atoms with Crippen LogP contribution < -0.4 is 0 Å². The molecule has 0 radical (unpaired) electrons. The van der Waals surface area contributed by atoms with Crippen LogP contribution in [-0.2, 0) is 25.4 Å². The number of carboxylic acids is 1. The van der Waals surface area contributed by atoms with Gasteiger partial charge in [0, 0.05) is 6.61 Å². The first-order valence-electron chi connectivity index (χ1n) is 14.3. The number of phenols is 1. The summed E-state index contributed by atoms with van der Waals surface area (Å²) >= 11 is 0. The van der Waals surface area contributed by atoms with Crippen LogP contribution in [0.15, 0.2) is 18.2 Å². The summed E-state index contributed by atoms with van der Waals surface area (Å²) in [4.78, 5) is 10.4. The number of hydrogen-bond acceptors (Lipinski definition) is 6. The number of hydrogen-bond donors (Lipinski definition) is 3. The van der Waals surface area contributed by atoms with Gasteiger partial charge in [-0.2, -0.15) is 0 Å². The molecule has 0 bridgehead atoms. The number of carbonyl (C=O) groups is 1. The Bertz CT molecular complexity index is 873. The zero-order valence-corrected chi connectivity index (χ0v) is 22.4. The highest BCUT2D eigenvalue weighted by Crippen LogP contribution is 2.62. The number of carboxylic acid groups (broad SMARTS) is 1. The predicted molar refractivity (Wildman–Crippen MR) is 141 cm³/mol. The largest absolute Gasteiger partial charge is 0.508 e. The van der Waals surface area contributed by atoms with Crippen LogP contribution in [0.25, 0.3) is 0 Å². The van der Waals surface area contributed by atoms with Gasteiger partial charge in [-0.25, -0.2) is 4.79 Å². The third kappa shape index (κ3) is 7.05. The summed E-state index contributed by atoms with van der Waals surface area (Å²) in [6.45, 7) is 4.48. The van der Waals surface area contributed by atoms with E-state index in [0.717, 1.165) is 51.6 Å². The van der Waals surface area contributed by atoms with Gasteiger partial charge in [0.15, 0.2) is 0 Å². The van der Waals surface area contributed by atoms with E-state index in [4.69, 9.17) is 19.3 Å². The fourth-order valence-corrected chi connectivity index (χ4v) is 7.59. The molecule has 0 spiro atoms. The van der Waals surface area contributed by atoms with E-state index in [1.54, 1.807) is 0 Å². The Balaban J connectivity index is 1.17. The second kappa shape index (κ2) is 13.4. The van der Waals surface area contributed by atoms with E-state index in [9.17, 15) is 15.0 Å². The number of aromatic hydroxyl groups is 1. The maximum Gasteiger partial charge on any atom is 0.329 e. The normalized spacial score (nSPS) is 30.5. The Morgan fingerprint density at radius 3 is 2.49 bits per heavy atom. The van der Waals surface area contributed by atoms with E-state index >= 15 is 0 Å². The number of phenolic OH excluding ortho intramolecular Hbond substituents is 1. The lowest BCUT2D eigenvalue weighted by Gasteiger charge is -2.53. The molecule has 3 aliphatic carbocycles. The van der Waals surface area contributed by atoms with Gasteiger partial charge >= 0.3 is 5.97 Å². The molecule has 3 aliphatic rings. The minimum atomic E-state index is -0.970. The second-order valence-corrected chi connectivity index (χ2v) is 11.6. The van der Waals surface area contributed by atoms with Gasteiger partial charge in [0.25, 0.3) is 0 Å². The molecule has 7 heteroatoms. The SMILES string of the molecule is C[C@]12CC[C@@H]3c4ccc(O)cc4C[C@@H](CCCCCCOCCOCCOCC(=O)O)[C@H]3[C@@H]1CC[C@@H]2O. The van der Waals surface area contributed by atoms with Crippen molar-refractivity contribution < 1.29 is 34.3 Å². The molecule has 1 aromatic carbocycles. The minimum absolute atomic E-state index is 0.0698. The highest BCUT2D eigenvalue weighted by molar-refractivity contribution is 5.67. The maximum absolute atomic E-state index is 10.8. The molecule has 208 valence electrons. The van der Waals surface area contributed by atoms with Crippen molar-refractivity contribution in [3.63, 3.8) is 0 Å². The molecule has 0 unspecified atom stereocenters. The molecule has 4 rings (SSSR count). The molecule has 0 aliphatic heterocycles. The number of aliphatic hydroxyl groups excluding tert-OH is 1. The average molecular weight is 519 g/mol. The van der Waals surface area contributed by atoms with E-state index in [2.05, 4.69) is 13.0 Å². The van der Waals surface area contributed by atoms with Crippen molar-refractivity contribution >= 4 is 5.97 Å². The van der Waals surface area contributed by atoms with Gasteiger partial charge in [-0.15, -0.1) is 0 Å². The number of aliphatic hydroxyl groups is 1. The molecule has 3 N–H and O–H groups in total. The number of rotatable bonds is 15. The number of aliphatic carboxylic acids is 1. The molecule has 1 aromatic rings. The maximum atomic E-state index is 10.8. The van der Waals surface area contributed by atoms with Gasteiger partial charge in [-0.1, -0.05) is 32.3 Å². The monoisotopic (exact) mass is 518 g/mol. The lowest BCUT2D eigenvalue weighted by molar-refractivity contribution is -0.142. The summed E-state index contributed by atoms with van der Waals surface area (Å²) in [6, 6.07) is 6.03. The molecule has 37 heavy (non-hydrogen) atoms. The summed E-state index contributed by atoms with van der Waals surface area (Å²) in [7, 11) is 0. The van der Waals surface area contributed by atoms with Crippen molar-refractivity contribution in [1.29, 1.82) is 0 Å². The van der Waals surface area contributed by atoms with Crippen LogP contribution in [0.2, 0.25) is 0 Å². The van der Waals surface area contributed by atoms with Crippen molar-refractivity contribution in [3.8, 4) is 5.75 Å².